The first kappa shape index (κ1) is 18.3. The molecule has 0 bridgehead atoms. The number of nitrogens with zero attached hydrogens (tertiary/aromatic N) is 5. The van der Waals surface area contributed by atoms with Crippen LogP contribution in [-0.2, 0) is 11.3 Å². The number of carbonyl (C=O) groups excluding carboxylic acids is 1. The molecule has 0 spiro atoms. The molecule has 146 valence electrons. The lowest BCUT2D eigenvalue weighted by atomic mass is 10.3. The van der Waals surface area contributed by atoms with Gasteiger partial charge in [0.25, 0.3) is 5.56 Å². The van der Waals surface area contributed by atoms with Crippen LogP contribution in [0.15, 0.2) is 59.7 Å². The highest BCUT2D eigenvalue weighted by molar-refractivity contribution is 5.90. The van der Waals surface area contributed by atoms with Crippen molar-refractivity contribution < 1.29 is 13.9 Å². The van der Waals surface area contributed by atoms with E-state index >= 15 is 0 Å². The molecule has 0 aliphatic heterocycles. The predicted octanol–water partition coefficient (Wildman–Crippen LogP) is 1.76. The number of amides is 1. The second-order valence-electron chi connectivity index (χ2n) is 6.10. The number of halogens is 1. The highest BCUT2D eigenvalue weighted by Gasteiger charge is 2.15. The van der Waals surface area contributed by atoms with E-state index in [0.717, 1.165) is 4.57 Å². The molecule has 9 nitrogen and oxygen atoms in total. The molecule has 2 heterocycles. The summed E-state index contributed by atoms with van der Waals surface area (Å²) in [6.45, 7) is -0.269. The molecule has 0 radical (unpaired) electrons. The van der Waals surface area contributed by atoms with Crippen molar-refractivity contribution >= 4 is 22.8 Å². The molecule has 29 heavy (non-hydrogen) atoms. The van der Waals surface area contributed by atoms with Crippen LogP contribution in [0.3, 0.4) is 0 Å². The summed E-state index contributed by atoms with van der Waals surface area (Å²) in [5, 5.41) is 10.5. The van der Waals surface area contributed by atoms with E-state index in [1.807, 2.05) is 0 Å². The van der Waals surface area contributed by atoms with Crippen LogP contribution in [0, 0.1) is 5.82 Å². The molecule has 0 atom stereocenters. The quantitative estimate of drug-likeness (QED) is 0.553. The Morgan fingerprint density at radius 2 is 1.86 bits per heavy atom. The van der Waals surface area contributed by atoms with Gasteiger partial charge in [0.2, 0.25) is 5.91 Å². The smallest absolute Gasteiger partial charge is 0.284 e. The minimum Gasteiger partial charge on any atom is -0.497 e. The number of hydrogen-bond acceptors (Lipinski definition) is 6. The Kier molecular flexibility index (Phi) is 4.73. The Balaban J connectivity index is 1.58. The van der Waals surface area contributed by atoms with Gasteiger partial charge in [-0.05, 0) is 48.5 Å². The first-order valence-electron chi connectivity index (χ1n) is 8.56. The Morgan fingerprint density at radius 1 is 1.14 bits per heavy atom. The van der Waals surface area contributed by atoms with E-state index < -0.39 is 17.3 Å². The number of nitrogens with one attached hydrogen (secondary N) is 1. The maximum atomic E-state index is 12.9. The third-order valence-corrected chi connectivity index (χ3v) is 4.19. The van der Waals surface area contributed by atoms with Crippen molar-refractivity contribution in [3.05, 3.63) is 71.0 Å². The number of aromatic nitrogens is 5. The minimum absolute atomic E-state index is 0.0397. The molecular formula is C19H15FN6O3. The molecule has 0 saturated heterocycles. The second kappa shape index (κ2) is 7.50. The fourth-order valence-electron chi connectivity index (χ4n) is 2.74. The molecule has 2 aromatic carbocycles. The molecule has 0 saturated carbocycles. The Bertz CT molecular complexity index is 1230. The number of methoxy groups -OCH3 is 1. The Hall–Kier alpha value is -4.08. The SMILES string of the molecule is COc1ccc(-n2nnc3c(=O)n(CC(=O)Nc4ccc(F)cc4)cnc32)cc1. The van der Waals surface area contributed by atoms with Gasteiger partial charge in [0.05, 0.1) is 12.8 Å². The highest BCUT2D eigenvalue weighted by atomic mass is 19.1. The van der Waals surface area contributed by atoms with E-state index in [9.17, 15) is 14.0 Å². The van der Waals surface area contributed by atoms with Gasteiger partial charge in [0, 0.05) is 5.69 Å². The Labute approximate surface area is 163 Å². The van der Waals surface area contributed by atoms with Gasteiger partial charge in [-0.25, -0.2) is 9.37 Å². The topological polar surface area (TPSA) is 104 Å². The van der Waals surface area contributed by atoms with Gasteiger partial charge >= 0.3 is 0 Å². The van der Waals surface area contributed by atoms with Crippen LogP contribution in [0.5, 0.6) is 5.75 Å². The average molecular weight is 394 g/mol. The molecule has 1 N–H and O–H groups in total. The van der Waals surface area contributed by atoms with Crippen molar-refractivity contribution in [2.75, 3.05) is 12.4 Å². The predicted molar refractivity (Wildman–Crippen MR) is 103 cm³/mol. The van der Waals surface area contributed by atoms with E-state index in [4.69, 9.17) is 4.74 Å². The van der Waals surface area contributed by atoms with E-state index in [2.05, 4.69) is 20.6 Å². The van der Waals surface area contributed by atoms with Crippen LogP contribution in [0.2, 0.25) is 0 Å². The molecular weight excluding hydrogens is 379 g/mol. The van der Waals surface area contributed by atoms with E-state index in [-0.39, 0.29) is 17.7 Å². The molecule has 2 aromatic heterocycles. The fraction of sp³-hybridized carbons (Fsp3) is 0.105. The first-order chi connectivity index (χ1) is 14.0. The van der Waals surface area contributed by atoms with Crippen LogP contribution in [0.4, 0.5) is 10.1 Å². The number of anilines is 1. The molecule has 1 amide bonds. The van der Waals surface area contributed by atoms with E-state index in [0.29, 0.717) is 17.1 Å². The summed E-state index contributed by atoms with van der Waals surface area (Å²) in [4.78, 5) is 29.1. The maximum absolute atomic E-state index is 12.9. The lowest BCUT2D eigenvalue weighted by Gasteiger charge is -2.07. The number of hydrogen-bond donors (Lipinski definition) is 1. The molecule has 0 fully saturated rings. The molecule has 10 heteroatoms. The monoisotopic (exact) mass is 394 g/mol. The molecule has 4 aromatic rings. The molecule has 0 aliphatic rings. The zero-order valence-electron chi connectivity index (χ0n) is 15.2. The van der Waals surface area contributed by atoms with Gasteiger partial charge in [-0.2, -0.15) is 4.68 Å². The molecule has 4 rings (SSSR count). The van der Waals surface area contributed by atoms with Crippen molar-refractivity contribution in [3.63, 3.8) is 0 Å². The summed E-state index contributed by atoms with van der Waals surface area (Å²) in [7, 11) is 1.57. The van der Waals surface area contributed by atoms with Gasteiger partial charge in [0.1, 0.15) is 24.4 Å². The van der Waals surface area contributed by atoms with Crippen LogP contribution < -0.4 is 15.6 Å². The first-order valence-corrected chi connectivity index (χ1v) is 8.56. The largest absolute Gasteiger partial charge is 0.497 e. The minimum atomic E-state index is -0.496. The third-order valence-electron chi connectivity index (χ3n) is 4.19. The van der Waals surface area contributed by atoms with Gasteiger partial charge in [-0.1, -0.05) is 5.21 Å². The lowest BCUT2D eigenvalue weighted by Crippen LogP contribution is -2.28. The van der Waals surface area contributed by atoms with Gasteiger partial charge in [0.15, 0.2) is 11.2 Å². The van der Waals surface area contributed by atoms with Crippen molar-refractivity contribution in [1.82, 2.24) is 24.5 Å². The summed E-state index contributed by atoms with van der Waals surface area (Å²) in [5.41, 5.74) is 0.896. The molecule has 0 unspecified atom stereocenters. The van der Waals surface area contributed by atoms with Crippen molar-refractivity contribution in [2.24, 2.45) is 0 Å². The van der Waals surface area contributed by atoms with Crippen LogP contribution in [0.1, 0.15) is 0 Å². The van der Waals surface area contributed by atoms with E-state index in [1.165, 1.54) is 35.3 Å². The maximum Gasteiger partial charge on any atom is 0.284 e. The number of carbonyl (C=O) groups is 1. The number of benzene rings is 2. The summed E-state index contributed by atoms with van der Waals surface area (Å²) in [5.74, 6) is -0.183. The van der Waals surface area contributed by atoms with Crippen molar-refractivity contribution in [1.29, 1.82) is 0 Å². The standard InChI is InChI=1S/C19H15FN6O3/c1-29-15-8-6-14(7-9-15)26-18-17(23-24-26)19(28)25(11-21-18)10-16(27)22-13-4-2-12(20)3-5-13/h2-9,11H,10H2,1H3,(H,22,27). The highest BCUT2D eigenvalue weighted by Crippen LogP contribution is 2.16. The van der Waals surface area contributed by atoms with Crippen LogP contribution >= 0.6 is 0 Å². The fourth-order valence-corrected chi connectivity index (χ4v) is 2.74. The second-order valence-corrected chi connectivity index (χ2v) is 6.10. The zero-order chi connectivity index (χ0) is 20.4. The lowest BCUT2D eigenvalue weighted by molar-refractivity contribution is -0.116. The van der Waals surface area contributed by atoms with Crippen molar-refractivity contribution in [2.45, 2.75) is 6.54 Å². The van der Waals surface area contributed by atoms with Gasteiger partial charge in [-0.15, -0.1) is 5.10 Å². The van der Waals surface area contributed by atoms with Gasteiger partial charge in [-0.3, -0.25) is 14.2 Å². The summed E-state index contributed by atoms with van der Waals surface area (Å²) < 4.78 is 20.6. The zero-order valence-corrected chi connectivity index (χ0v) is 15.2. The van der Waals surface area contributed by atoms with E-state index in [1.54, 1.807) is 31.4 Å². The summed E-state index contributed by atoms with van der Waals surface area (Å²) in [6, 6.07) is 12.3. The summed E-state index contributed by atoms with van der Waals surface area (Å²) in [6.07, 6.45) is 1.26. The van der Waals surface area contributed by atoms with Crippen molar-refractivity contribution in [3.8, 4) is 11.4 Å². The molecule has 0 aliphatic carbocycles. The Morgan fingerprint density at radius 3 is 2.55 bits per heavy atom. The summed E-state index contributed by atoms with van der Waals surface area (Å²) >= 11 is 0. The third kappa shape index (κ3) is 3.68. The van der Waals surface area contributed by atoms with Gasteiger partial charge < -0.3 is 10.1 Å². The van der Waals surface area contributed by atoms with Crippen LogP contribution in [0.25, 0.3) is 16.9 Å². The number of fused-ring (bicyclic) bond motifs is 1. The normalized spacial score (nSPS) is 10.8. The number of ether oxygens (including phenoxy) is 1. The average Bonchev–Trinajstić information content (AvgIpc) is 3.17. The van der Waals surface area contributed by atoms with Crippen LogP contribution in [-0.4, -0.2) is 37.6 Å². The number of rotatable bonds is 5.